The van der Waals surface area contributed by atoms with Crippen molar-refractivity contribution in [2.75, 3.05) is 31.9 Å². The van der Waals surface area contributed by atoms with Crippen LogP contribution in [0.5, 0.6) is 0 Å². The zero-order chi connectivity index (χ0) is 20.3. The number of thioether (sulfide) groups is 1. The Bertz CT molecular complexity index is 831. The van der Waals surface area contributed by atoms with E-state index in [4.69, 9.17) is 0 Å². The van der Waals surface area contributed by atoms with Gasteiger partial charge < -0.3 is 9.47 Å². The fourth-order valence-electron chi connectivity index (χ4n) is 3.13. The Kier molecular flexibility index (Phi) is 6.29. The molecule has 1 aromatic heterocycles. The van der Waals surface area contributed by atoms with Crippen molar-refractivity contribution in [3.05, 3.63) is 41.2 Å². The molecule has 10 heteroatoms. The van der Waals surface area contributed by atoms with Gasteiger partial charge in [0.25, 0.3) is 0 Å². The second-order valence-electron chi connectivity index (χ2n) is 6.80. The molecular formula is C18H22F3N5OS. The summed E-state index contributed by atoms with van der Waals surface area (Å²) in [5, 5.41) is 6.79. The third-order valence-electron chi connectivity index (χ3n) is 4.63. The van der Waals surface area contributed by atoms with Crippen molar-refractivity contribution in [2.45, 2.75) is 24.8 Å². The molecule has 0 spiro atoms. The normalized spacial score (nSPS) is 15.8. The van der Waals surface area contributed by atoms with E-state index >= 15 is 0 Å². The Labute approximate surface area is 165 Å². The molecule has 0 radical (unpaired) electrons. The van der Waals surface area contributed by atoms with Gasteiger partial charge in [-0.2, -0.15) is 13.2 Å². The number of halogens is 3. The lowest BCUT2D eigenvalue weighted by atomic mass is 10.1. The molecule has 28 heavy (non-hydrogen) atoms. The third kappa shape index (κ3) is 5.05. The molecule has 152 valence electrons. The van der Waals surface area contributed by atoms with E-state index < -0.39 is 12.0 Å². The maximum absolute atomic E-state index is 12.8. The van der Waals surface area contributed by atoms with E-state index in [2.05, 4.69) is 40.2 Å². The van der Waals surface area contributed by atoms with Gasteiger partial charge in [-0.1, -0.05) is 41.6 Å². The topological polar surface area (TPSA) is 54.3 Å². The summed E-state index contributed by atoms with van der Waals surface area (Å²) in [6.07, 6.45) is -4.56. The van der Waals surface area contributed by atoms with Crippen LogP contribution in [0.1, 0.15) is 17.0 Å². The Morgan fingerprint density at radius 3 is 2.50 bits per heavy atom. The lowest BCUT2D eigenvalue weighted by Crippen LogP contribution is -2.48. The summed E-state index contributed by atoms with van der Waals surface area (Å²) in [4.78, 5) is 16.4. The van der Waals surface area contributed by atoms with Crippen LogP contribution in [0.3, 0.4) is 0 Å². The van der Waals surface area contributed by atoms with E-state index in [0.717, 1.165) is 36.0 Å². The van der Waals surface area contributed by atoms with E-state index in [1.807, 2.05) is 6.07 Å². The van der Waals surface area contributed by atoms with Crippen molar-refractivity contribution >= 4 is 17.7 Å². The number of aromatic nitrogens is 3. The molecule has 1 aromatic carbocycles. The van der Waals surface area contributed by atoms with Crippen LogP contribution in [0, 0.1) is 6.92 Å². The number of nitrogens with zero attached hydrogens (tertiary/aromatic N) is 5. The van der Waals surface area contributed by atoms with Crippen molar-refractivity contribution in [3.63, 3.8) is 0 Å². The molecule has 0 atom stereocenters. The minimum absolute atomic E-state index is 0.0434. The van der Waals surface area contributed by atoms with Gasteiger partial charge in [0.2, 0.25) is 11.7 Å². The van der Waals surface area contributed by atoms with Crippen LogP contribution in [-0.2, 0) is 24.6 Å². The number of amides is 1. The number of carbonyl (C=O) groups is 1. The molecule has 1 fully saturated rings. The summed E-state index contributed by atoms with van der Waals surface area (Å²) in [6, 6.07) is 8.35. The lowest BCUT2D eigenvalue weighted by Gasteiger charge is -2.34. The maximum atomic E-state index is 12.8. The minimum Gasteiger partial charge on any atom is -0.339 e. The summed E-state index contributed by atoms with van der Waals surface area (Å²) < 4.78 is 39.1. The van der Waals surface area contributed by atoms with Gasteiger partial charge in [0.15, 0.2) is 5.16 Å². The molecule has 0 saturated carbocycles. The molecular weight excluding hydrogens is 391 g/mol. The van der Waals surface area contributed by atoms with Crippen molar-refractivity contribution in [1.82, 2.24) is 24.6 Å². The number of carbonyl (C=O) groups excluding carboxylic acids is 1. The largest absolute Gasteiger partial charge is 0.451 e. The summed E-state index contributed by atoms with van der Waals surface area (Å²) in [7, 11) is 1.25. The molecule has 2 aromatic rings. The molecule has 0 N–H and O–H groups in total. The number of piperazine rings is 1. The quantitative estimate of drug-likeness (QED) is 0.706. The van der Waals surface area contributed by atoms with Crippen molar-refractivity contribution < 1.29 is 18.0 Å². The molecule has 1 saturated heterocycles. The number of alkyl halides is 3. The van der Waals surface area contributed by atoms with Crippen LogP contribution in [0.2, 0.25) is 0 Å². The molecule has 6 nitrogen and oxygen atoms in total. The maximum Gasteiger partial charge on any atom is 0.451 e. The number of aryl methyl sites for hydroxylation is 1. The first kappa shape index (κ1) is 20.7. The fourth-order valence-corrected chi connectivity index (χ4v) is 3.94. The van der Waals surface area contributed by atoms with Crippen LogP contribution < -0.4 is 0 Å². The Balaban J connectivity index is 1.47. The second-order valence-corrected chi connectivity index (χ2v) is 7.74. The monoisotopic (exact) mass is 413 g/mol. The van der Waals surface area contributed by atoms with E-state index in [0.29, 0.717) is 13.1 Å². The van der Waals surface area contributed by atoms with Gasteiger partial charge >= 0.3 is 6.18 Å². The van der Waals surface area contributed by atoms with Crippen LogP contribution in [0.4, 0.5) is 13.2 Å². The average Bonchev–Trinajstić information content (AvgIpc) is 3.01. The molecule has 2 heterocycles. The molecule has 0 aliphatic carbocycles. The van der Waals surface area contributed by atoms with Gasteiger partial charge in [0.1, 0.15) is 0 Å². The second kappa shape index (κ2) is 8.52. The first-order valence-electron chi connectivity index (χ1n) is 8.89. The van der Waals surface area contributed by atoms with E-state index in [9.17, 15) is 18.0 Å². The van der Waals surface area contributed by atoms with E-state index in [1.54, 1.807) is 4.90 Å². The zero-order valence-corrected chi connectivity index (χ0v) is 16.6. The summed E-state index contributed by atoms with van der Waals surface area (Å²) in [5.41, 5.74) is 2.47. The Morgan fingerprint density at radius 2 is 1.89 bits per heavy atom. The standard InChI is InChI=1S/C18H22F3N5OS/c1-13-4-3-5-14(10-13)11-25-6-8-26(9-7-25)15(27)12-28-17-23-22-16(24(17)2)18(19,20)21/h3-5,10H,6-9,11-12H2,1-2H3. The molecule has 3 rings (SSSR count). The Hall–Kier alpha value is -2.07. The van der Waals surface area contributed by atoms with Crippen molar-refractivity contribution in [2.24, 2.45) is 7.05 Å². The van der Waals surface area contributed by atoms with Crippen molar-refractivity contribution in [3.8, 4) is 0 Å². The van der Waals surface area contributed by atoms with Gasteiger partial charge in [-0.3, -0.25) is 9.69 Å². The summed E-state index contributed by atoms with van der Waals surface area (Å²) in [6.45, 7) is 5.67. The Morgan fingerprint density at radius 1 is 1.18 bits per heavy atom. The van der Waals surface area contributed by atoms with Crippen LogP contribution in [0.15, 0.2) is 29.4 Å². The van der Waals surface area contributed by atoms with Crippen LogP contribution in [-0.4, -0.2) is 62.4 Å². The van der Waals surface area contributed by atoms with Gasteiger partial charge in [-0.15, -0.1) is 10.2 Å². The SMILES string of the molecule is Cc1cccc(CN2CCN(C(=O)CSc3nnc(C(F)(F)F)n3C)CC2)c1. The number of benzene rings is 1. The average molecular weight is 413 g/mol. The van der Waals surface area contributed by atoms with E-state index in [1.165, 1.54) is 18.2 Å². The fraction of sp³-hybridized carbons (Fsp3) is 0.500. The predicted octanol–water partition coefficient (Wildman–Crippen LogP) is 2.58. The highest BCUT2D eigenvalue weighted by Crippen LogP contribution is 2.29. The highest BCUT2D eigenvalue weighted by Gasteiger charge is 2.37. The smallest absolute Gasteiger partial charge is 0.339 e. The predicted molar refractivity (Wildman–Crippen MR) is 99.8 cm³/mol. The van der Waals surface area contributed by atoms with Crippen molar-refractivity contribution in [1.29, 1.82) is 0 Å². The third-order valence-corrected chi connectivity index (χ3v) is 5.63. The molecule has 0 unspecified atom stereocenters. The molecule has 0 bridgehead atoms. The summed E-state index contributed by atoms with van der Waals surface area (Å²) >= 11 is 0.975. The molecule has 1 amide bonds. The van der Waals surface area contributed by atoms with Gasteiger partial charge in [-0.25, -0.2) is 0 Å². The molecule has 1 aliphatic rings. The van der Waals surface area contributed by atoms with Gasteiger partial charge in [0, 0.05) is 39.8 Å². The zero-order valence-electron chi connectivity index (χ0n) is 15.7. The number of hydrogen-bond donors (Lipinski definition) is 0. The first-order chi connectivity index (χ1) is 13.2. The van der Waals surface area contributed by atoms with Gasteiger partial charge in [-0.05, 0) is 12.5 Å². The number of rotatable bonds is 5. The van der Waals surface area contributed by atoms with Gasteiger partial charge in [0.05, 0.1) is 5.75 Å². The first-order valence-corrected chi connectivity index (χ1v) is 9.87. The van der Waals surface area contributed by atoms with E-state index in [-0.39, 0.29) is 16.8 Å². The molecule has 1 aliphatic heterocycles. The van der Waals surface area contributed by atoms with Crippen LogP contribution in [0.25, 0.3) is 0 Å². The highest BCUT2D eigenvalue weighted by molar-refractivity contribution is 7.99. The number of hydrogen-bond acceptors (Lipinski definition) is 5. The summed E-state index contributed by atoms with van der Waals surface area (Å²) in [5.74, 6) is -1.12. The lowest BCUT2D eigenvalue weighted by molar-refractivity contribution is -0.147. The van der Waals surface area contributed by atoms with Crippen LogP contribution >= 0.6 is 11.8 Å². The minimum atomic E-state index is -4.56. The highest BCUT2D eigenvalue weighted by atomic mass is 32.2.